The number of nitrogens with one attached hydrogen (secondary N) is 1. The van der Waals surface area contributed by atoms with Crippen LogP contribution in [0.4, 0.5) is 0 Å². The molecule has 20 heavy (non-hydrogen) atoms. The van der Waals surface area contributed by atoms with E-state index in [1.54, 1.807) is 0 Å². The van der Waals surface area contributed by atoms with Crippen LogP contribution in [0.3, 0.4) is 0 Å². The van der Waals surface area contributed by atoms with E-state index >= 15 is 0 Å². The molecule has 1 aromatic heterocycles. The summed E-state index contributed by atoms with van der Waals surface area (Å²) < 4.78 is 5.82. The highest BCUT2D eigenvalue weighted by Crippen LogP contribution is 2.18. The summed E-state index contributed by atoms with van der Waals surface area (Å²) in [6.07, 6.45) is 0. The maximum absolute atomic E-state index is 5.82. The van der Waals surface area contributed by atoms with Gasteiger partial charge in [0.25, 0.3) is 0 Å². The number of likely N-dealkylation sites (N-methyl/N-ethyl adjacent to an activating group) is 2. The van der Waals surface area contributed by atoms with Gasteiger partial charge < -0.3 is 14.6 Å². The highest BCUT2D eigenvalue weighted by molar-refractivity contribution is 5.20. The molecule has 0 saturated heterocycles. The minimum absolute atomic E-state index is 0.543. The molecule has 1 atom stereocenters. The van der Waals surface area contributed by atoms with Crippen molar-refractivity contribution in [1.82, 2.24) is 15.1 Å². The van der Waals surface area contributed by atoms with Crippen LogP contribution in [0.1, 0.15) is 37.9 Å². The predicted molar refractivity (Wildman–Crippen MR) is 84.9 cm³/mol. The van der Waals surface area contributed by atoms with Gasteiger partial charge in [0.05, 0.1) is 6.54 Å². The van der Waals surface area contributed by atoms with E-state index in [1.165, 1.54) is 5.56 Å². The van der Waals surface area contributed by atoms with Gasteiger partial charge in [-0.2, -0.15) is 0 Å². The number of nitrogens with zero attached hydrogens (tertiary/aromatic N) is 2. The first-order valence-electron chi connectivity index (χ1n) is 7.65. The minimum Gasteiger partial charge on any atom is -0.465 e. The van der Waals surface area contributed by atoms with E-state index in [4.69, 9.17) is 4.42 Å². The molecule has 0 fully saturated rings. The summed E-state index contributed by atoms with van der Waals surface area (Å²) in [4.78, 5) is 4.74. The van der Waals surface area contributed by atoms with E-state index in [1.807, 2.05) is 0 Å². The predicted octanol–water partition coefficient (Wildman–Crippen LogP) is 2.47. The fraction of sp³-hybridized carbons (Fsp3) is 0.750. The largest absolute Gasteiger partial charge is 0.465 e. The number of furan rings is 1. The molecule has 0 spiro atoms. The van der Waals surface area contributed by atoms with Crippen LogP contribution in [0, 0.1) is 6.92 Å². The Bertz CT molecular complexity index is 387. The van der Waals surface area contributed by atoms with Gasteiger partial charge in [-0.25, -0.2) is 0 Å². The summed E-state index contributed by atoms with van der Waals surface area (Å²) in [5.41, 5.74) is 1.31. The van der Waals surface area contributed by atoms with Crippen molar-refractivity contribution in [3.63, 3.8) is 0 Å². The topological polar surface area (TPSA) is 31.6 Å². The first-order chi connectivity index (χ1) is 9.47. The van der Waals surface area contributed by atoms with Crippen LogP contribution in [0.5, 0.6) is 0 Å². The van der Waals surface area contributed by atoms with Crippen LogP contribution in [-0.2, 0) is 13.1 Å². The lowest BCUT2D eigenvalue weighted by Gasteiger charge is -2.29. The number of rotatable bonds is 9. The standard InChI is InChI=1S/C16H31N3O/c1-7-17-10-16-9-15(14(4)20-16)12-19(8-2)13(3)11-18(5)6/h9,13,17H,7-8,10-12H2,1-6H3. The first-order valence-corrected chi connectivity index (χ1v) is 7.65. The van der Waals surface area contributed by atoms with E-state index in [0.717, 1.165) is 44.2 Å². The third kappa shape index (κ3) is 5.27. The zero-order valence-corrected chi connectivity index (χ0v) is 14.0. The lowest BCUT2D eigenvalue weighted by atomic mass is 10.2. The minimum atomic E-state index is 0.543. The SMILES string of the molecule is CCNCc1cc(CN(CC)C(C)CN(C)C)c(C)o1. The van der Waals surface area contributed by atoms with Gasteiger partial charge >= 0.3 is 0 Å². The van der Waals surface area contributed by atoms with Crippen LogP contribution < -0.4 is 5.32 Å². The molecule has 0 aromatic carbocycles. The summed E-state index contributed by atoms with van der Waals surface area (Å²) in [5, 5.41) is 3.31. The molecule has 116 valence electrons. The van der Waals surface area contributed by atoms with E-state index in [9.17, 15) is 0 Å². The molecule has 4 nitrogen and oxygen atoms in total. The second kappa shape index (κ2) is 8.45. The summed E-state index contributed by atoms with van der Waals surface area (Å²) >= 11 is 0. The van der Waals surface area contributed by atoms with E-state index in [-0.39, 0.29) is 0 Å². The highest BCUT2D eigenvalue weighted by Gasteiger charge is 2.16. The quantitative estimate of drug-likeness (QED) is 0.753. The Morgan fingerprint density at radius 1 is 1.30 bits per heavy atom. The van der Waals surface area contributed by atoms with Gasteiger partial charge in [0.2, 0.25) is 0 Å². The third-order valence-corrected chi connectivity index (χ3v) is 3.65. The number of hydrogen-bond acceptors (Lipinski definition) is 4. The van der Waals surface area contributed by atoms with Crippen LogP contribution in [0.15, 0.2) is 10.5 Å². The molecular formula is C16H31N3O. The van der Waals surface area contributed by atoms with Crippen molar-refractivity contribution >= 4 is 0 Å². The van der Waals surface area contributed by atoms with Crippen molar-refractivity contribution in [3.05, 3.63) is 23.2 Å². The Labute approximate surface area is 124 Å². The van der Waals surface area contributed by atoms with Crippen molar-refractivity contribution in [2.24, 2.45) is 0 Å². The second-order valence-corrected chi connectivity index (χ2v) is 5.75. The van der Waals surface area contributed by atoms with Crippen LogP contribution >= 0.6 is 0 Å². The third-order valence-electron chi connectivity index (χ3n) is 3.65. The molecule has 1 heterocycles. The average Bonchev–Trinajstić information content (AvgIpc) is 2.73. The molecule has 0 aliphatic heterocycles. The van der Waals surface area contributed by atoms with Gasteiger partial charge in [-0.1, -0.05) is 13.8 Å². The molecule has 0 saturated carbocycles. The molecular weight excluding hydrogens is 250 g/mol. The summed E-state index contributed by atoms with van der Waals surface area (Å²) in [7, 11) is 4.25. The monoisotopic (exact) mass is 281 g/mol. The maximum Gasteiger partial charge on any atom is 0.118 e. The van der Waals surface area contributed by atoms with Gasteiger partial charge in [-0.3, -0.25) is 4.90 Å². The Morgan fingerprint density at radius 3 is 2.55 bits per heavy atom. The molecule has 0 bridgehead atoms. The second-order valence-electron chi connectivity index (χ2n) is 5.75. The van der Waals surface area contributed by atoms with Crippen molar-refractivity contribution in [2.45, 2.75) is 46.8 Å². The van der Waals surface area contributed by atoms with Gasteiger partial charge in [-0.15, -0.1) is 0 Å². The van der Waals surface area contributed by atoms with Crippen LogP contribution in [0.25, 0.3) is 0 Å². The molecule has 1 aromatic rings. The molecule has 4 heteroatoms. The Morgan fingerprint density at radius 2 is 2.00 bits per heavy atom. The molecule has 1 unspecified atom stereocenters. The Kier molecular flexibility index (Phi) is 7.27. The molecule has 0 amide bonds. The van der Waals surface area contributed by atoms with Gasteiger partial charge in [0, 0.05) is 24.7 Å². The zero-order valence-electron chi connectivity index (χ0n) is 14.0. The first kappa shape index (κ1) is 17.2. The summed E-state index contributed by atoms with van der Waals surface area (Å²) in [6.45, 7) is 13.6. The van der Waals surface area contributed by atoms with Crippen molar-refractivity contribution in [1.29, 1.82) is 0 Å². The molecule has 1 N–H and O–H groups in total. The van der Waals surface area contributed by atoms with Crippen LogP contribution in [0.2, 0.25) is 0 Å². The van der Waals surface area contributed by atoms with Gasteiger partial charge in [-0.05, 0) is 47.1 Å². The number of aryl methyl sites for hydroxylation is 1. The highest BCUT2D eigenvalue weighted by atomic mass is 16.3. The summed E-state index contributed by atoms with van der Waals surface area (Å²) in [6, 6.07) is 2.74. The number of hydrogen-bond donors (Lipinski definition) is 1. The average molecular weight is 281 g/mol. The Balaban J connectivity index is 2.67. The van der Waals surface area contributed by atoms with Crippen molar-refractivity contribution in [3.8, 4) is 0 Å². The van der Waals surface area contributed by atoms with Crippen LogP contribution in [-0.4, -0.2) is 49.6 Å². The fourth-order valence-corrected chi connectivity index (χ4v) is 2.52. The lowest BCUT2D eigenvalue weighted by Crippen LogP contribution is -2.39. The fourth-order valence-electron chi connectivity index (χ4n) is 2.52. The van der Waals surface area contributed by atoms with E-state index in [0.29, 0.717) is 6.04 Å². The Hall–Kier alpha value is -0.840. The maximum atomic E-state index is 5.82. The van der Waals surface area contributed by atoms with Gasteiger partial charge in [0.15, 0.2) is 0 Å². The summed E-state index contributed by atoms with van der Waals surface area (Å²) in [5.74, 6) is 2.09. The lowest BCUT2D eigenvalue weighted by molar-refractivity contribution is 0.173. The molecule has 0 radical (unpaired) electrons. The molecule has 0 aliphatic rings. The van der Waals surface area contributed by atoms with Crippen molar-refractivity contribution in [2.75, 3.05) is 33.7 Å². The van der Waals surface area contributed by atoms with E-state index in [2.05, 4.69) is 63.0 Å². The van der Waals surface area contributed by atoms with E-state index < -0.39 is 0 Å². The molecule has 0 aliphatic carbocycles. The normalized spacial score (nSPS) is 13.4. The zero-order chi connectivity index (χ0) is 15.1. The van der Waals surface area contributed by atoms with Gasteiger partial charge in [0.1, 0.15) is 11.5 Å². The van der Waals surface area contributed by atoms with Crippen molar-refractivity contribution < 1.29 is 4.42 Å². The molecule has 1 rings (SSSR count). The smallest absolute Gasteiger partial charge is 0.118 e.